The molecule has 0 unspecified atom stereocenters. The minimum Gasteiger partial charge on any atom is -0.313 e. The summed E-state index contributed by atoms with van der Waals surface area (Å²) in [6.07, 6.45) is 8.87. The fourth-order valence-electron chi connectivity index (χ4n) is 1.77. The highest BCUT2D eigenvalue weighted by Crippen LogP contribution is 2.25. The number of halogens is 3. The van der Waals surface area contributed by atoms with Crippen LogP contribution >= 0.6 is 34.8 Å². The Balaban J connectivity index is 2.00. The molecule has 1 heterocycles. The van der Waals surface area contributed by atoms with Gasteiger partial charge in [0.15, 0.2) is 0 Å². The summed E-state index contributed by atoms with van der Waals surface area (Å²) in [5, 5.41) is 0.309. The Labute approximate surface area is 122 Å². The monoisotopic (exact) mass is 299 g/mol. The lowest BCUT2D eigenvalue weighted by Crippen LogP contribution is -2.12. The summed E-state index contributed by atoms with van der Waals surface area (Å²) in [6, 6.07) is 10.4. The van der Waals surface area contributed by atoms with Gasteiger partial charge < -0.3 is 4.90 Å². The molecule has 4 heteroatoms. The highest BCUT2D eigenvalue weighted by atomic mass is 35.5. The van der Waals surface area contributed by atoms with Crippen LogP contribution in [-0.4, -0.2) is 4.90 Å². The van der Waals surface area contributed by atoms with Gasteiger partial charge in [0.25, 0.3) is 0 Å². The van der Waals surface area contributed by atoms with Crippen molar-refractivity contribution in [3.63, 3.8) is 0 Å². The lowest BCUT2D eigenvalue weighted by atomic mass is 9.98. The minimum atomic E-state index is 0.0625. The smallest absolute Gasteiger partial charge is 0.143 e. The van der Waals surface area contributed by atoms with E-state index in [2.05, 4.69) is 24.3 Å². The first-order valence-corrected chi connectivity index (χ1v) is 6.70. The van der Waals surface area contributed by atoms with E-state index < -0.39 is 0 Å². The average Bonchev–Trinajstić information content (AvgIpc) is 2.40. The average molecular weight is 301 g/mol. The molecule has 1 nitrogen and oxygen atoms in total. The van der Waals surface area contributed by atoms with Crippen LogP contribution in [0.25, 0.3) is 0 Å². The number of hydrogen-bond donors (Lipinski definition) is 0. The molecule has 2 rings (SSSR count). The van der Waals surface area contributed by atoms with Crippen molar-refractivity contribution in [2.75, 3.05) is 0 Å². The summed E-state index contributed by atoms with van der Waals surface area (Å²) >= 11 is 17.2. The zero-order valence-electron chi connectivity index (χ0n) is 9.56. The van der Waals surface area contributed by atoms with Crippen LogP contribution in [0.2, 0.25) is 0 Å². The van der Waals surface area contributed by atoms with Gasteiger partial charge in [0.1, 0.15) is 9.65 Å². The van der Waals surface area contributed by atoms with Gasteiger partial charge in [-0.3, -0.25) is 0 Å². The molecule has 0 aliphatic carbocycles. The maximum Gasteiger partial charge on any atom is 0.143 e. The summed E-state index contributed by atoms with van der Waals surface area (Å²) in [5.74, 6) is 0.363. The van der Waals surface area contributed by atoms with Crippen molar-refractivity contribution < 1.29 is 0 Å². The minimum absolute atomic E-state index is 0.0625. The topological polar surface area (TPSA) is 3.24 Å². The standard InChI is InChI=1S/C14H12Cl3N/c15-13(16)14(17)18-8-6-12(7-9-18)10-11-4-2-1-3-5-11/h1-9,12H,10H2. The third-order valence-electron chi connectivity index (χ3n) is 2.68. The van der Waals surface area contributed by atoms with Crippen molar-refractivity contribution in [1.82, 2.24) is 4.90 Å². The normalized spacial score (nSPS) is 14.9. The molecule has 18 heavy (non-hydrogen) atoms. The molecular formula is C14H12Cl3N. The Kier molecular flexibility index (Phi) is 4.76. The second-order valence-electron chi connectivity index (χ2n) is 4.00. The largest absolute Gasteiger partial charge is 0.313 e. The van der Waals surface area contributed by atoms with Gasteiger partial charge in [-0.1, -0.05) is 77.3 Å². The molecule has 0 saturated heterocycles. The molecule has 0 amide bonds. The Morgan fingerprint density at radius 2 is 1.61 bits per heavy atom. The van der Waals surface area contributed by atoms with Gasteiger partial charge in [0.2, 0.25) is 0 Å². The molecule has 1 aliphatic rings. The molecule has 1 aromatic carbocycles. The number of hydrogen-bond acceptors (Lipinski definition) is 1. The molecule has 0 aromatic heterocycles. The van der Waals surface area contributed by atoms with Crippen LogP contribution < -0.4 is 0 Å². The van der Waals surface area contributed by atoms with Crippen molar-refractivity contribution in [3.05, 3.63) is 70.1 Å². The number of rotatable bonds is 3. The first-order chi connectivity index (χ1) is 8.66. The summed E-state index contributed by atoms with van der Waals surface area (Å²) in [5.41, 5.74) is 1.31. The maximum atomic E-state index is 5.94. The summed E-state index contributed by atoms with van der Waals surface area (Å²) in [6.45, 7) is 0. The molecule has 94 valence electrons. The molecule has 0 N–H and O–H groups in total. The highest BCUT2D eigenvalue weighted by molar-refractivity contribution is 6.59. The molecule has 1 aromatic rings. The lowest BCUT2D eigenvalue weighted by Gasteiger charge is -2.21. The molecule has 0 bridgehead atoms. The van der Waals surface area contributed by atoms with E-state index in [1.54, 1.807) is 4.90 Å². The Hall–Kier alpha value is -0.890. The van der Waals surface area contributed by atoms with Crippen LogP contribution in [-0.2, 0) is 6.42 Å². The fourth-order valence-corrected chi connectivity index (χ4v) is 2.08. The van der Waals surface area contributed by atoms with Gasteiger partial charge in [-0.05, 0) is 12.0 Å². The van der Waals surface area contributed by atoms with Crippen molar-refractivity contribution >= 4 is 34.8 Å². The SMILES string of the molecule is ClC(Cl)=C(Cl)N1C=CC(Cc2ccccc2)C=C1. The summed E-state index contributed by atoms with van der Waals surface area (Å²) in [7, 11) is 0. The van der Waals surface area contributed by atoms with Gasteiger partial charge in [-0.2, -0.15) is 0 Å². The van der Waals surface area contributed by atoms with E-state index in [-0.39, 0.29) is 4.49 Å². The Morgan fingerprint density at radius 3 is 2.17 bits per heavy atom. The molecule has 1 aliphatic heterocycles. The van der Waals surface area contributed by atoms with E-state index in [4.69, 9.17) is 34.8 Å². The number of allylic oxidation sites excluding steroid dienone is 2. The van der Waals surface area contributed by atoms with Crippen LogP contribution in [0.5, 0.6) is 0 Å². The zero-order chi connectivity index (χ0) is 13.0. The Bertz CT molecular complexity index is 473. The molecule has 0 saturated carbocycles. The number of benzene rings is 1. The van der Waals surface area contributed by atoms with Crippen LogP contribution in [0.3, 0.4) is 0 Å². The van der Waals surface area contributed by atoms with E-state index in [1.807, 2.05) is 30.6 Å². The lowest BCUT2D eigenvalue weighted by molar-refractivity contribution is 0.621. The predicted octanol–water partition coefficient (Wildman–Crippen LogP) is 5.03. The number of nitrogens with zero attached hydrogens (tertiary/aromatic N) is 1. The quantitative estimate of drug-likeness (QED) is 0.708. The van der Waals surface area contributed by atoms with Gasteiger partial charge in [0, 0.05) is 18.3 Å². The fraction of sp³-hybridized carbons (Fsp3) is 0.143. The predicted molar refractivity (Wildman–Crippen MR) is 78.3 cm³/mol. The van der Waals surface area contributed by atoms with Crippen molar-refractivity contribution in [2.24, 2.45) is 5.92 Å². The van der Waals surface area contributed by atoms with Gasteiger partial charge in [-0.15, -0.1) is 0 Å². The Morgan fingerprint density at radius 1 is 1.00 bits per heavy atom. The first kappa shape index (κ1) is 13.5. The molecule has 0 atom stereocenters. The van der Waals surface area contributed by atoms with Gasteiger partial charge >= 0.3 is 0 Å². The molecule has 0 fully saturated rings. The summed E-state index contributed by atoms with van der Waals surface area (Å²) < 4.78 is 0.0625. The van der Waals surface area contributed by atoms with Crippen LogP contribution in [0.4, 0.5) is 0 Å². The van der Waals surface area contributed by atoms with Crippen LogP contribution in [0, 0.1) is 5.92 Å². The van der Waals surface area contributed by atoms with E-state index in [1.165, 1.54) is 5.56 Å². The highest BCUT2D eigenvalue weighted by Gasteiger charge is 2.11. The van der Waals surface area contributed by atoms with Gasteiger partial charge in [-0.25, -0.2) is 0 Å². The third kappa shape index (κ3) is 3.55. The van der Waals surface area contributed by atoms with Crippen molar-refractivity contribution in [1.29, 1.82) is 0 Å². The van der Waals surface area contributed by atoms with Gasteiger partial charge in [0.05, 0.1) is 0 Å². The third-order valence-corrected chi connectivity index (χ3v) is 3.62. The van der Waals surface area contributed by atoms with E-state index in [9.17, 15) is 0 Å². The van der Waals surface area contributed by atoms with Crippen molar-refractivity contribution in [2.45, 2.75) is 6.42 Å². The van der Waals surface area contributed by atoms with E-state index >= 15 is 0 Å². The van der Waals surface area contributed by atoms with E-state index in [0.29, 0.717) is 11.1 Å². The summed E-state index contributed by atoms with van der Waals surface area (Å²) in [4.78, 5) is 1.69. The van der Waals surface area contributed by atoms with Crippen LogP contribution in [0.1, 0.15) is 5.56 Å². The van der Waals surface area contributed by atoms with Crippen molar-refractivity contribution in [3.8, 4) is 0 Å². The van der Waals surface area contributed by atoms with Crippen LogP contribution in [0.15, 0.2) is 64.5 Å². The first-order valence-electron chi connectivity index (χ1n) is 5.56. The molecule has 0 spiro atoms. The second kappa shape index (κ2) is 6.33. The molecule has 0 radical (unpaired) electrons. The zero-order valence-corrected chi connectivity index (χ0v) is 11.8. The molecular weight excluding hydrogens is 289 g/mol. The maximum absolute atomic E-state index is 5.94. The second-order valence-corrected chi connectivity index (χ2v) is 5.30. The van der Waals surface area contributed by atoms with E-state index in [0.717, 1.165) is 6.42 Å².